The minimum Gasteiger partial charge on any atom is -0.229 e. The fourth-order valence-corrected chi connectivity index (χ4v) is 4.84. The Hall–Kier alpha value is 0.240. The van der Waals surface area contributed by atoms with Crippen LogP contribution in [0, 0.1) is 17.3 Å². The van der Waals surface area contributed by atoms with E-state index in [4.69, 9.17) is 11.6 Å². The van der Waals surface area contributed by atoms with Crippen molar-refractivity contribution in [2.24, 2.45) is 17.3 Å². The Morgan fingerprint density at radius 2 is 1.89 bits per heavy atom. The number of sulfone groups is 1. The Balaban J connectivity index is 2.63. The van der Waals surface area contributed by atoms with Crippen LogP contribution in [0.5, 0.6) is 0 Å². The highest BCUT2D eigenvalue weighted by Crippen LogP contribution is 2.44. The SMILES string of the molecule is CCS(=O)(=O)CCC(C)(C)C1CCC(C)CC1Cl. The molecule has 18 heavy (non-hydrogen) atoms. The summed E-state index contributed by atoms with van der Waals surface area (Å²) in [5, 5.41) is 0.202. The second-order valence-electron chi connectivity index (χ2n) is 6.52. The van der Waals surface area contributed by atoms with Gasteiger partial charge in [-0.2, -0.15) is 0 Å². The molecule has 1 rings (SSSR count). The molecule has 1 fully saturated rings. The van der Waals surface area contributed by atoms with Crippen LogP contribution in [-0.2, 0) is 9.84 Å². The van der Waals surface area contributed by atoms with Gasteiger partial charge in [0.2, 0.25) is 0 Å². The first-order chi connectivity index (χ1) is 8.18. The van der Waals surface area contributed by atoms with E-state index in [1.165, 1.54) is 6.42 Å². The minimum atomic E-state index is -2.86. The monoisotopic (exact) mass is 294 g/mol. The molecule has 2 nitrogen and oxygen atoms in total. The summed E-state index contributed by atoms with van der Waals surface area (Å²) in [5.41, 5.74) is 0.0226. The van der Waals surface area contributed by atoms with Crippen LogP contribution in [0.1, 0.15) is 53.4 Å². The van der Waals surface area contributed by atoms with Crippen molar-refractivity contribution in [1.29, 1.82) is 0 Å². The van der Waals surface area contributed by atoms with Gasteiger partial charge in [-0.05, 0) is 36.5 Å². The first-order valence-electron chi connectivity index (χ1n) is 7.02. The molecule has 0 spiro atoms. The van der Waals surface area contributed by atoms with Crippen molar-refractivity contribution in [3.63, 3.8) is 0 Å². The molecule has 0 radical (unpaired) electrons. The van der Waals surface area contributed by atoms with Gasteiger partial charge in [-0.3, -0.25) is 0 Å². The Morgan fingerprint density at radius 1 is 1.28 bits per heavy atom. The molecule has 0 aromatic heterocycles. The zero-order chi connectivity index (χ0) is 14.0. The second-order valence-corrected chi connectivity index (χ2v) is 9.55. The number of rotatable bonds is 5. The van der Waals surface area contributed by atoms with Gasteiger partial charge in [0.15, 0.2) is 0 Å². The van der Waals surface area contributed by atoms with E-state index in [2.05, 4.69) is 20.8 Å². The highest BCUT2D eigenvalue weighted by Gasteiger charge is 2.38. The average Bonchev–Trinajstić information content (AvgIpc) is 2.26. The van der Waals surface area contributed by atoms with Gasteiger partial charge < -0.3 is 0 Å². The summed E-state index contributed by atoms with van der Waals surface area (Å²) in [6.07, 6.45) is 4.15. The van der Waals surface area contributed by atoms with Crippen LogP contribution in [0.15, 0.2) is 0 Å². The maximum Gasteiger partial charge on any atom is 0.150 e. The van der Waals surface area contributed by atoms with Gasteiger partial charge in [0.1, 0.15) is 9.84 Å². The highest BCUT2D eigenvalue weighted by atomic mass is 35.5. The fourth-order valence-electron chi connectivity index (χ4n) is 2.94. The molecule has 1 saturated carbocycles. The van der Waals surface area contributed by atoms with Crippen molar-refractivity contribution in [2.45, 2.75) is 58.8 Å². The third-order valence-corrected chi connectivity index (χ3v) is 6.72. The predicted octanol–water partition coefficient (Wildman–Crippen LogP) is 3.88. The second kappa shape index (κ2) is 6.13. The van der Waals surface area contributed by atoms with Crippen LogP contribution in [0.3, 0.4) is 0 Å². The molecule has 3 unspecified atom stereocenters. The predicted molar refractivity (Wildman–Crippen MR) is 78.9 cm³/mol. The Bertz CT molecular complexity index is 362. The van der Waals surface area contributed by atoms with Crippen molar-refractivity contribution in [1.82, 2.24) is 0 Å². The summed E-state index contributed by atoms with van der Waals surface area (Å²) in [6, 6.07) is 0. The van der Waals surface area contributed by atoms with Crippen molar-refractivity contribution in [3.05, 3.63) is 0 Å². The van der Waals surface area contributed by atoms with Crippen LogP contribution < -0.4 is 0 Å². The fraction of sp³-hybridized carbons (Fsp3) is 1.00. The normalized spacial score (nSPS) is 30.4. The van der Waals surface area contributed by atoms with E-state index in [0.29, 0.717) is 17.6 Å². The molecule has 3 atom stereocenters. The molecule has 0 saturated heterocycles. The molecule has 1 aliphatic rings. The van der Waals surface area contributed by atoms with E-state index >= 15 is 0 Å². The lowest BCUT2D eigenvalue weighted by Gasteiger charge is -2.42. The number of halogens is 1. The molecular weight excluding hydrogens is 268 g/mol. The zero-order valence-electron chi connectivity index (χ0n) is 12.1. The van der Waals surface area contributed by atoms with Gasteiger partial charge in [-0.15, -0.1) is 11.6 Å². The van der Waals surface area contributed by atoms with Crippen LogP contribution in [-0.4, -0.2) is 25.3 Å². The van der Waals surface area contributed by atoms with E-state index in [1.54, 1.807) is 6.92 Å². The number of alkyl halides is 1. The molecule has 0 heterocycles. The maximum atomic E-state index is 11.6. The van der Waals surface area contributed by atoms with Gasteiger partial charge in [0, 0.05) is 11.1 Å². The number of hydrogen-bond donors (Lipinski definition) is 0. The van der Waals surface area contributed by atoms with E-state index in [0.717, 1.165) is 19.3 Å². The lowest BCUT2D eigenvalue weighted by Crippen LogP contribution is -2.37. The maximum absolute atomic E-state index is 11.6. The van der Waals surface area contributed by atoms with E-state index in [-0.39, 0.29) is 16.5 Å². The molecule has 0 N–H and O–H groups in total. The van der Waals surface area contributed by atoms with Crippen molar-refractivity contribution >= 4 is 21.4 Å². The largest absolute Gasteiger partial charge is 0.229 e. The Morgan fingerprint density at radius 3 is 2.39 bits per heavy atom. The van der Waals surface area contributed by atoms with E-state index in [9.17, 15) is 8.42 Å². The molecule has 0 aromatic rings. The van der Waals surface area contributed by atoms with E-state index < -0.39 is 9.84 Å². The molecule has 4 heteroatoms. The van der Waals surface area contributed by atoms with E-state index in [1.807, 2.05) is 0 Å². The summed E-state index contributed by atoms with van der Waals surface area (Å²) >= 11 is 6.50. The molecule has 108 valence electrons. The smallest absolute Gasteiger partial charge is 0.150 e. The van der Waals surface area contributed by atoms with Crippen molar-refractivity contribution in [2.75, 3.05) is 11.5 Å². The Kier molecular flexibility index (Phi) is 5.55. The molecule has 0 amide bonds. The lowest BCUT2D eigenvalue weighted by molar-refractivity contribution is 0.138. The van der Waals surface area contributed by atoms with Crippen molar-refractivity contribution < 1.29 is 8.42 Å². The summed E-state index contributed by atoms with van der Waals surface area (Å²) in [5.74, 6) is 1.70. The Labute approximate surface area is 117 Å². The summed E-state index contributed by atoms with van der Waals surface area (Å²) in [6.45, 7) is 8.32. The lowest BCUT2D eigenvalue weighted by atomic mass is 9.67. The summed E-state index contributed by atoms with van der Waals surface area (Å²) in [7, 11) is -2.86. The first kappa shape index (κ1) is 16.3. The zero-order valence-corrected chi connectivity index (χ0v) is 13.6. The number of hydrogen-bond acceptors (Lipinski definition) is 2. The van der Waals surface area contributed by atoms with Gasteiger partial charge >= 0.3 is 0 Å². The van der Waals surface area contributed by atoms with Gasteiger partial charge in [0.05, 0.1) is 5.75 Å². The van der Waals surface area contributed by atoms with Crippen molar-refractivity contribution in [3.8, 4) is 0 Å². The molecule has 1 aliphatic carbocycles. The third-order valence-electron chi connectivity index (χ3n) is 4.54. The summed E-state index contributed by atoms with van der Waals surface area (Å²) in [4.78, 5) is 0. The standard InChI is InChI=1S/C14H27ClO2S/c1-5-18(16,17)9-8-14(3,4)12-7-6-11(2)10-13(12)15/h11-13H,5-10H2,1-4H3. The van der Waals surface area contributed by atoms with Crippen LogP contribution in [0.4, 0.5) is 0 Å². The first-order valence-corrected chi connectivity index (χ1v) is 9.28. The molecule has 0 aromatic carbocycles. The summed E-state index contributed by atoms with van der Waals surface area (Å²) < 4.78 is 23.3. The quantitative estimate of drug-likeness (QED) is 0.721. The topological polar surface area (TPSA) is 34.1 Å². The molecular formula is C14H27ClO2S. The third kappa shape index (κ3) is 4.41. The molecule has 0 bridgehead atoms. The van der Waals surface area contributed by atoms with Gasteiger partial charge in [0.25, 0.3) is 0 Å². The highest BCUT2D eigenvalue weighted by molar-refractivity contribution is 7.91. The average molecular weight is 295 g/mol. The minimum absolute atomic E-state index is 0.0226. The van der Waals surface area contributed by atoms with Crippen LogP contribution in [0.2, 0.25) is 0 Å². The van der Waals surface area contributed by atoms with Gasteiger partial charge in [-0.1, -0.05) is 34.1 Å². The molecule has 0 aliphatic heterocycles. The van der Waals surface area contributed by atoms with Gasteiger partial charge in [-0.25, -0.2) is 8.42 Å². The van der Waals surface area contributed by atoms with Crippen LogP contribution >= 0.6 is 11.6 Å². The van der Waals surface area contributed by atoms with Crippen LogP contribution in [0.25, 0.3) is 0 Å².